The highest BCUT2D eigenvalue weighted by molar-refractivity contribution is 5.99. The summed E-state index contributed by atoms with van der Waals surface area (Å²) in [6.45, 7) is 1.03. The Balaban J connectivity index is 1.94. The molecular weight excluding hydrogens is 184 g/mol. The van der Waals surface area contributed by atoms with Gasteiger partial charge in [-0.1, -0.05) is 18.2 Å². The molecular formula is C13H16N2. The molecule has 0 amide bonds. The molecule has 0 saturated heterocycles. The van der Waals surface area contributed by atoms with E-state index in [4.69, 9.17) is 5.41 Å². The summed E-state index contributed by atoms with van der Waals surface area (Å²) in [6.07, 6.45) is 4.80. The van der Waals surface area contributed by atoms with Gasteiger partial charge in [0.25, 0.3) is 0 Å². The van der Waals surface area contributed by atoms with Gasteiger partial charge in [-0.2, -0.15) is 0 Å². The van der Waals surface area contributed by atoms with Crippen molar-refractivity contribution in [3.63, 3.8) is 0 Å². The summed E-state index contributed by atoms with van der Waals surface area (Å²) in [5.74, 6) is 1.40. The molecule has 1 aromatic carbocycles. The van der Waals surface area contributed by atoms with Gasteiger partial charge in [0.15, 0.2) is 0 Å². The van der Waals surface area contributed by atoms with Crippen molar-refractivity contribution in [2.24, 2.45) is 5.92 Å². The zero-order valence-electron chi connectivity index (χ0n) is 8.87. The minimum atomic E-state index is 0.552. The van der Waals surface area contributed by atoms with Crippen LogP contribution in [0.1, 0.15) is 24.8 Å². The molecule has 1 aliphatic carbocycles. The van der Waals surface area contributed by atoms with Crippen molar-refractivity contribution in [3.8, 4) is 0 Å². The first kappa shape index (κ1) is 8.96. The van der Waals surface area contributed by atoms with Crippen LogP contribution in [0.5, 0.6) is 0 Å². The molecule has 1 fully saturated rings. The van der Waals surface area contributed by atoms with Crippen LogP contribution in [0.4, 0.5) is 5.69 Å². The van der Waals surface area contributed by atoms with Crippen LogP contribution < -0.4 is 4.90 Å². The summed E-state index contributed by atoms with van der Waals surface area (Å²) in [6, 6.07) is 8.54. The Bertz CT molecular complexity index is 393. The van der Waals surface area contributed by atoms with Crippen molar-refractivity contribution in [2.45, 2.75) is 25.7 Å². The maximum atomic E-state index is 8.16. The van der Waals surface area contributed by atoms with Gasteiger partial charge in [0.2, 0.25) is 0 Å². The molecule has 0 bridgehead atoms. The van der Waals surface area contributed by atoms with Crippen LogP contribution in [0.15, 0.2) is 24.3 Å². The van der Waals surface area contributed by atoms with Crippen molar-refractivity contribution < 1.29 is 0 Å². The van der Waals surface area contributed by atoms with Crippen LogP contribution in [0.25, 0.3) is 0 Å². The number of benzene rings is 1. The van der Waals surface area contributed by atoms with E-state index in [9.17, 15) is 0 Å². The minimum Gasteiger partial charge on any atom is -0.330 e. The third-order valence-electron chi connectivity index (χ3n) is 3.37. The van der Waals surface area contributed by atoms with Crippen molar-refractivity contribution in [1.82, 2.24) is 0 Å². The maximum absolute atomic E-state index is 8.16. The summed E-state index contributed by atoms with van der Waals surface area (Å²) in [7, 11) is 0. The van der Waals surface area contributed by atoms with Crippen molar-refractivity contribution in [3.05, 3.63) is 29.8 Å². The summed E-state index contributed by atoms with van der Waals surface area (Å²) in [5, 5.41) is 8.16. The molecule has 78 valence electrons. The summed E-state index contributed by atoms with van der Waals surface area (Å²) in [5.41, 5.74) is 2.69. The molecule has 2 aliphatic rings. The van der Waals surface area contributed by atoms with E-state index in [1.54, 1.807) is 0 Å². The minimum absolute atomic E-state index is 0.552. The normalized spacial score (nSPS) is 19.9. The number of fused-ring (bicyclic) bond motifs is 1. The highest BCUT2D eigenvalue weighted by atomic mass is 15.2. The van der Waals surface area contributed by atoms with Gasteiger partial charge in [-0.15, -0.1) is 0 Å². The molecule has 0 atom stereocenters. The average molecular weight is 200 g/mol. The Kier molecular flexibility index (Phi) is 2.01. The highest BCUT2D eigenvalue weighted by Gasteiger charge is 2.32. The Morgan fingerprint density at radius 1 is 1.27 bits per heavy atom. The van der Waals surface area contributed by atoms with Gasteiger partial charge in [-0.25, -0.2) is 0 Å². The van der Waals surface area contributed by atoms with E-state index in [0.717, 1.165) is 12.4 Å². The highest BCUT2D eigenvalue weighted by Crippen LogP contribution is 2.35. The Morgan fingerprint density at radius 2 is 2.07 bits per heavy atom. The SMILES string of the molecule is N=C(C1CC1)N1CCCc2ccccc21. The second kappa shape index (κ2) is 3.37. The number of para-hydroxylation sites is 1. The standard InChI is InChI=1S/C13H16N2/c14-13(11-7-8-11)15-9-3-5-10-4-1-2-6-12(10)15/h1-2,4,6,11,14H,3,5,7-9H2. The lowest BCUT2D eigenvalue weighted by molar-refractivity contribution is 0.766. The molecule has 15 heavy (non-hydrogen) atoms. The lowest BCUT2D eigenvalue weighted by atomic mass is 10.0. The third kappa shape index (κ3) is 1.54. The first-order chi connectivity index (χ1) is 7.36. The third-order valence-corrected chi connectivity index (χ3v) is 3.37. The molecule has 1 aliphatic heterocycles. The van der Waals surface area contributed by atoms with E-state index in [1.807, 2.05) is 0 Å². The van der Waals surface area contributed by atoms with Crippen molar-refractivity contribution in [1.29, 1.82) is 5.41 Å². The number of rotatable bonds is 1. The lowest BCUT2D eigenvalue weighted by Crippen LogP contribution is -2.35. The van der Waals surface area contributed by atoms with E-state index < -0.39 is 0 Å². The molecule has 2 heteroatoms. The van der Waals surface area contributed by atoms with Gasteiger partial charge >= 0.3 is 0 Å². The summed E-state index contributed by atoms with van der Waals surface area (Å²) >= 11 is 0. The predicted octanol–water partition coefficient (Wildman–Crippen LogP) is 2.83. The number of aryl methyl sites for hydroxylation is 1. The second-order valence-corrected chi connectivity index (χ2v) is 4.54. The van der Waals surface area contributed by atoms with Gasteiger partial charge in [0.05, 0.1) is 0 Å². The van der Waals surface area contributed by atoms with Crippen LogP contribution in [-0.2, 0) is 6.42 Å². The quantitative estimate of drug-likeness (QED) is 0.547. The van der Waals surface area contributed by atoms with Crippen molar-refractivity contribution >= 4 is 11.5 Å². The Morgan fingerprint density at radius 3 is 2.87 bits per heavy atom. The molecule has 1 heterocycles. The molecule has 0 unspecified atom stereocenters. The van der Waals surface area contributed by atoms with E-state index in [1.165, 1.54) is 36.9 Å². The number of amidine groups is 1. The zero-order valence-corrected chi connectivity index (χ0v) is 8.87. The molecule has 0 aromatic heterocycles. The van der Waals surface area contributed by atoms with Gasteiger partial charge < -0.3 is 4.90 Å². The van der Waals surface area contributed by atoms with E-state index in [0.29, 0.717) is 5.92 Å². The van der Waals surface area contributed by atoms with Crippen LogP contribution >= 0.6 is 0 Å². The fourth-order valence-electron chi connectivity index (χ4n) is 2.36. The molecule has 3 rings (SSSR count). The molecule has 1 saturated carbocycles. The van der Waals surface area contributed by atoms with Crippen LogP contribution in [-0.4, -0.2) is 12.4 Å². The monoisotopic (exact) mass is 200 g/mol. The zero-order chi connectivity index (χ0) is 10.3. The molecule has 1 aromatic rings. The largest absolute Gasteiger partial charge is 0.330 e. The topological polar surface area (TPSA) is 27.1 Å². The van der Waals surface area contributed by atoms with Gasteiger partial charge in [-0.05, 0) is 37.3 Å². The molecule has 0 spiro atoms. The smallest absolute Gasteiger partial charge is 0.103 e. The van der Waals surface area contributed by atoms with Gasteiger partial charge in [0.1, 0.15) is 5.84 Å². The Labute approximate surface area is 90.4 Å². The maximum Gasteiger partial charge on any atom is 0.103 e. The lowest BCUT2D eigenvalue weighted by Gasteiger charge is -2.31. The molecule has 0 radical (unpaired) electrons. The number of anilines is 1. The first-order valence-corrected chi connectivity index (χ1v) is 5.80. The number of nitrogens with one attached hydrogen (secondary N) is 1. The predicted molar refractivity (Wildman–Crippen MR) is 62.6 cm³/mol. The van der Waals surface area contributed by atoms with Crippen LogP contribution in [0.2, 0.25) is 0 Å². The van der Waals surface area contributed by atoms with E-state index in [2.05, 4.69) is 29.2 Å². The average Bonchev–Trinajstić information content (AvgIpc) is 3.11. The van der Waals surface area contributed by atoms with Gasteiger partial charge in [-0.3, -0.25) is 5.41 Å². The summed E-state index contributed by atoms with van der Waals surface area (Å²) < 4.78 is 0. The first-order valence-electron chi connectivity index (χ1n) is 5.80. The number of hydrogen-bond donors (Lipinski definition) is 1. The fourth-order valence-corrected chi connectivity index (χ4v) is 2.36. The number of hydrogen-bond acceptors (Lipinski definition) is 1. The van der Waals surface area contributed by atoms with E-state index in [-0.39, 0.29) is 0 Å². The molecule has 1 N–H and O–H groups in total. The second-order valence-electron chi connectivity index (χ2n) is 4.54. The van der Waals surface area contributed by atoms with Crippen LogP contribution in [0, 0.1) is 11.3 Å². The van der Waals surface area contributed by atoms with E-state index >= 15 is 0 Å². The summed E-state index contributed by atoms with van der Waals surface area (Å²) in [4.78, 5) is 2.22. The number of nitrogens with zero attached hydrogens (tertiary/aromatic N) is 1. The van der Waals surface area contributed by atoms with Crippen molar-refractivity contribution in [2.75, 3.05) is 11.4 Å². The Hall–Kier alpha value is -1.31. The molecule has 2 nitrogen and oxygen atoms in total. The van der Waals surface area contributed by atoms with Crippen LogP contribution in [0.3, 0.4) is 0 Å². The fraction of sp³-hybridized carbons (Fsp3) is 0.462. The van der Waals surface area contributed by atoms with Gasteiger partial charge in [0, 0.05) is 18.2 Å².